The van der Waals surface area contributed by atoms with Crippen LogP contribution in [0.2, 0.25) is 0 Å². The van der Waals surface area contributed by atoms with Crippen LogP contribution < -0.4 is 11.1 Å². The lowest BCUT2D eigenvalue weighted by molar-refractivity contribution is 0.103. The van der Waals surface area contributed by atoms with Gasteiger partial charge in [0.25, 0.3) is 5.91 Å². The van der Waals surface area contributed by atoms with Gasteiger partial charge < -0.3 is 11.1 Å². The van der Waals surface area contributed by atoms with Crippen LogP contribution in [0.25, 0.3) is 0 Å². The summed E-state index contributed by atoms with van der Waals surface area (Å²) < 4.78 is 0. The Bertz CT molecular complexity index is 692. The molecular weight excluding hydrogens is 280 g/mol. The van der Waals surface area contributed by atoms with Crippen molar-refractivity contribution in [3.63, 3.8) is 0 Å². The Hall–Kier alpha value is -2.09. The number of nitrogens with one attached hydrogen (secondary N) is 1. The maximum Gasteiger partial charge on any atom is 0.267 e. The molecule has 1 heterocycles. The first-order chi connectivity index (χ1) is 10.1. The van der Waals surface area contributed by atoms with E-state index in [1.807, 2.05) is 29.6 Å². The van der Waals surface area contributed by atoms with E-state index in [4.69, 9.17) is 5.73 Å². The number of benzene rings is 1. The first-order valence-corrected chi connectivity index (χ1v) is 7.67. The van der Waals surface area contributed by atoms with Crippen LogP contribution in [-0.2, 0) is 0 Å². The van der Waals surface area contributed by atoms with Crippen LogP contribution in [0.5, 0.6) is 0 Å². The van der Waals surface area contributed by atoms with E-state index in [0.29, 0.717) is 10.8 Å². The number of hydrogen-bond acceptors (Lipinski definition) is 3. The maximum absolute atomic E-state index is 12.3. The molecule has 0 spiro atoms. The van der Waals surface area contributed by atoms with Crippen molar-refractivity contribution < 1.29 is 4.79 Å². The van der Waals surface area contributed by atoms with Gasteiger partial charge in [0.05, 0.1) is 6.54 Å². The summed E-state index contributed by atoms with van der Waals surface area (Å²) in [5, 5.41) is 4.79. The molecule has 3 N–H and O–H groups in total. The number of nitrogens with two attached hydrogens (primary N) is 1. The van der Waals surface area contributed by atoms with Crippen LogP contribution in [-0.4, -0.2) is 12.5 Å². The summed E-state index contributed by atoms with van der Waals surface area (Å²) in [4.78, 5) is 13.0. The van der Waals surface area contributed by atoms with Gasteiger partial charge in [0.2, 0.25) is 0 Å². The highest BCUT2D eigenvalue weighted by Gasteiger charge is 2.12. The van der Waals surface area contributed by atoms with E-state index in [2.05, 4.69) is 37.1 Å². The van der Waals surface area contributed by atoms with Gasteiger partial charge in [-0.1, -0.05) is 37.8 Å². The Labute approximate surface area is 129 Å². The topological polar surface area (TPSA) is 55.1 Å². The maximum atomic E-state index is 12.3. The lowest BCUT2D eigenvalue weighted by Crippen LogP contribution is -2.11. The molecule has 0 radical (unpaired) electrons. The summed E-state index contributed by atoms with van der Waals surface area (Å²) in [7, 11) is 0. The van der Waals surface area contributed by atoms with Crippen molar-refractivity contribution in [2.24, 2.45) is 5.73 Å². The van der Waals surface area contributed by atoms with Crippen LogP contribution in [0.15, 0.2) is 35.7 Å². The molecule has 2 rings (SSSR count). The van der Waals surface area contributed by atoms with Crippen molar-refractivity contribution in [2.45, 2.75) is 19.8 Å². The van der Waals surface area contributed by atoms with Gasteiger partial charge in [0, 0.05) is 11.3 Å². The predicted molar refractivity (Wildman–Crippen MR) is 88.7 cm³/mol. The largest absolute Gasteiger partial charge is 0.321 e. The summed E-state index contributed by atoms with van der Waals surface area (Å²) in [6.07, 6.45) is 0. The lowest BCUT2D eigenvalue weighted by atomic mass is 10.0. The number of amides is 1. The normalized spacial score (nSPS) is 10.1. The first-order valence-electron chi connectivity index (χ1n) is 6.79. The molecule has 1 amide bonds. The second kappa shape index (κ2) is 7.07. The fourth-order valence-corrected chi connectivity index (χ4v) is 2.64. The number of thiophene rings is 1. The van der Waals surface area contributed by atoms with E-state index in [1.54, 1.807) is 0 Å². The van der Waals surface area contributed by atoms with E-state index in [1.165, 1.54) is 16.9 Å². The Balaban J connectivity index is 2.19. The van der Waals surface area contributed by atoms with E-state index >= 15 is 0 Å². The molecule has 21 heavy (non-hydrogen) atoms. The van der Waals surface area contributed by atoms with E-state index in [9.17, 15) is 4.79 Å². The third kappa shape index (κ3) is 3.94. The fraction of sp³-hybridized carbons (Fsp3) is 0.235. The van der Waals surface area contributed by atoms with Crippen LogP contribution in [0.3, 0.4) is 0 Å². The smallest absolute Gasteiger partial charge is 0.267 e. The van der Waals surface area contributed by atoms with Gasteiger partial charge in [-0.2, -0.15) is 0 Å². The molecule has 1 aromatic heterocycles. The molecule has 0 fully saturated rings. The quantitative estimate of drug-likeness (QED) is 0.853. The number of carbonyl (C=O) groups is 1. The lowest BCUT2D eigenvalue weighted by Gasteiger charge is -2.09. The highest BCUT2D eigenvalue weighted by Crippen LogP contribution is 2.21. The third-order valence-corrected chi connectivity index (χ3v) is 3.92. The van der Waals surface area contributed by atoms with Crippen molar-refractivity contribution in [3.8, 4) is 11.8 Å². The summed E-state index contributed by atoms with van der Waals surface area (Å²) in [6.45, 7) is 4.54. The van der Waals surface area contributed by atoms with Crippen LogP contribution >= 0.6 is 11.3 Å². The monoisotopic (exact) mass is 298 g/mol. The minimum atomic E-state index is -0.132. The van der Waals surface area contributed by atoms with E-state index in [0.717, 1.165) is 11.3 Å². The van der Waals surface area contributed by atoms with Crippen molar-refractivity contribution in [3.05, 3.63) is 51.7 Å². The van der Waals surface area contributed by atoms with Crippen molar-refractivity contribution in [2.75, 3.05) is 11.9 Å². The van der Waals surface area contributed by atoms with Gasteiger partial charge in [0.1, 0.15) is 4.88 Å². The number of hydrogen-bond donors (Lipinski definition) is 2. The summed E-state index contributed by atoms with van der Waals surface area (Å²) >= 11 is 1.38. The van der Waals surface area contributed by atoms with E-state index < -0.39 is 0 Å². The molecule has 0 saturated carbocycles. The molecule has 0 aliphatic rings. The Morgan fingerprint density at radius 1 is 1.38 bits per heavy atom. The average molecular weight is 298 g/mol. The molecule has 0 aliphatic heterocycles. The fourth-order valence-electron chi connectivity index (χ4n) is 1.89. The average Bonchev–Trinajstić information content (AvgIpc) is 2.93. The van der Waals surface area contributed by atoms with Gasteiger partial charge in [-0.15, -0.1) is 11.3 Å². The molecule has 0 atom stereocenters. The van der Waals surface area contributed by atoms with Crippen molar-refractivity contribution in [1.29, 1.82) is 0 Å². The highest BCUT2D eigenvalue weighted by molar-refractivity contribution is 7.12. The minimum Gasteiger partial charge on any atom is -0.321 e. The Kier molecular flexibility index (Phi) is 5.15. The Morgan fingerprint density at radius 3 is 2.90 bits per heavy atom. The zero-order valence-electron chi connectivity index (χ0n) is 12.1. The van der Waals surface area contributed by atoms with Crippen molar-refractivity contribution >= 4 is 22.9 Å². The molecule has 0 unspecified atom stereocenters. The van der Waals surface area contributed by atoms with Crippen LogP contribution in [0.4, 0.5) is 5.69 Å². The van der Waals surface area contributed by atoms with Gasteiger partial charge >= 0.3 is 0 Å². The third-order valence-electron chi connectivity index (χ3n) is 3.01. The first kappa shape index (κ1) is 15.3. The molecule has 3 nitrogen and oxygen atoms in total. The zero-order valence-corrected chi connectivity index (χ0v) is 13.0. The number of anilines is 1. The number of carbonyl (C=O) groups excluding carboxylic acids is 1. The number of rotatable bonds is 3. The minimum absolute atomic E-state index is 0.132. The molecule has 4 heteroatoms. The molecule has 108 valence electrons. The predicted octanol–water partition coefficient (Wildman–Crippen LogP) is 3.43. The van der Waals surface area contributed by atoms with Gasteiger partial charge in [0.15, 0.2) is 0 Å². The Morgan fingerprint density at radius 2 is 2.19 bits per heavy atom. The van der Waals surface area contributed by atoms with Gasteiger partial charge in [-0.3, -0.25) is 4.79 Å². The second-order valence-electron chi connectivity index (χ2n) is 4.90. The standard InChI is InChI=1S/C17H18N2OS/c1-12(2)14-5-3-7-15(11-14)19-17(20)16-13(6-4-9-18)8-10-21-16/h3,5,7-8,10-12H,9,18H2,1-2H3,(H,19,20). The zero-order chi connectivity index (χ0) is 15.2. The molecular formula is C17H18N2OS. The van der Waals surface area contributed by atoms with Crippen molar-refractivity contribution in [1.82, 2.24) is 0 Å². The van der Waals surface area contributed by atoms with E-state index in [-0.39, 0.29) is 12.5 Å². The summed E-state index contributed by atoms with van der Waals surface area (Å²) in [5.41, 5.74) is 8.09. The van der Waals surface area contributed by atoms with Crippen LogP contribution in [0, 0.1) is 11.8 Å². The molecule has 0 aliphatic carbocycles. The van der Waals surface area contributed by atoms with Crippen LogP contribution in [0.1, 0.15) is 40.6 Å². The highest BCUT2D eigenvalue weighted by atomic mass is 32.1. The summed E-state index contributed by atoms with van der Waals surface area (Å²) in [5.74, 6) is 6.00. The SMILES string of the molecule is CC(C)c1cccc(NC(=O)c2sccc2C#CCN)c1. The molecule has 1 aromatic carbocycles. The van der Waals surface area contributed by atoms with Gasteiger partial charge in [-0.05, 0) is 35.1 Å². The molecule has 0 saturated heterocycles. The molecule has 0 bridgehead atoms. The second-order valence-corrected chi connectivity index (χ2v) is 5.82. The summed E-state index contributed by atoms with van der Waals surface area (Å²) in [6, 6.07) is 9.74. The molecule has 2 aromatic rings. The van der Waals surface area contributed by atoms with Gasteiger partial charge in [-0.25, -0.2) is 0 Å².